The lowest BCUT2D eigenvalue weighted by Gasteiger charge is -2.15. The van der Waals surface area contributed by atoms with Crippen molar-refractivity contribution >= 4 is 11.0 Å². The zero-order chi connectivity index (χ0) is 18.5. The van der Waals surface area contributed by atoms with E-state index in [1.807, 2.05) is 36.4 Å². The van der Waals surface area contributed by atoms with Gasteiger partial charge in [-0.3, -0.25) is 0 Å². The summed E-state index contributed by atoms with van der Waals surface area (Å²) in [7, 11) is 0. The summed E-state index contributed by atoms with van der Waals surface area (Å²) >= 11 is 0. The molecule has 0 radical (unpaired) electrons. The number of rotatable bonds is 7. The average molecular weight is 351 g/mol. The summed E-state index contributed by atoms with van der Waals surface area (Å²) < 4.78 is 5.54. The number of phenols is 1. The Morgan fingerprint density at radius 3 is 2.54 bits per heavy atom. The fourth-order valence-electron chi connectivity index (χ4n) is 3.28. The lowest BCUT2D eigenvalue weighted by Crippen LogP contribution is -2.15. The molecule has 2 N–H and O–H groups in total. The predicted octanol–water partition coefficient (Wildman–Crippen LogP) is 4.62. The first-order valence-electron chi connectivity index (χ1n) is 9.23. The van der Waals surface area contributed by atoms with E-state index in [2.05, 4.69) is 19.2 Å². The van der Waals surface area contributed by atoms with Gasteiger partial charge in [-0.1, -0.05) is 50.6 Å². The zero-order valence-corrected chi connectivity index (χ0v) is 15.3. The number of fused-ring (bicyclic) bond motifs is 1. The third kappa shape index (κ3) is 3.65. The van der Waals surface area contributed by atoms with E-state index in [1.54, 1.807) is 0 Å². The van der Waals surface area contributed by atoms with E-state index in [9.17, 15) is 9.90 Å². The van der Waals surface area contributed by atoms with Gasteiger partial charge in [0.1, 0.15) is 11.3 Å². The standard InChI is InChI=1S/C22H25NO3/c1-3-8-16-12-18-17(15-9-6-5-7-10-15)13-20(24)26-22(18)19(21(16)25)14-23-11-4-2/h5-7,9-10,12-13,23,25H,3-4,8,11,14H2,1-2H3. The molecule has 2 aromatic carbocycles. The van der Waals surface area contributed by atoms with Gasteiger partial charge in [-0.15, -0.1) is 0 Å². The molecule has 0 saturated heterocycles. The van der Waals surface area contributed by atoms with Gasteiger partial charge in [-0.25, -0.2) is 4.79 Å². The molecule has 0 unspecified atom stereocenters. The number of phenolic OH excluding ortho intramolecular Hbond substituents is 1. The number of nitrogens with one attached hydrogen (secondary N) is 1. The highest BCUT2D eigenvalue weighted by Crippen LogP contribution is 2.36. The largest absolute Gasteiger partial charge is 0.507 e. The van der Waals surface area contributed by atoms with E-state index >= 15 is 0 Å². The molecule has 3 aromatic rings. The number of hydrogen-bond donors (Lipinski definition) is 2. The van der Waals surface area contributed by atoms with Gasteiger partial charge in [0.15, 0.2) is 0 Å². The molecule has 0 atom stereocenters. The maximum atomic E-state index is 12.2. The summed E-state index contributed by atoms with van der Waals surface area (Å²) in [6, 6.07) is 13.3. The zero-order valence-electron chi connectivity index (χ0n) is 15.3. The monoisotopic (exact) mass is 351 g/mol. The van der Waals surface area contributed by atoms with E-state index in [4.69, 9.17) is 4.42 Å². The Bertz CT molecular complexity index is 945. The van der Waals surface area contributed by atoms with Crippen LogP contribution in [0.25, 0.3) is 22.1 Å². The van der Waals surface area contributed by atoms with Crippen molar-refractivity contribution in [2.24, 2.45) is 0 Å². The van der Waals surface area contributed by atoms with Crippen molar-refractivity contribution in [2.75, 3.05) is 6.54 Å². The molecule has 1 aromatic heterocycles. The molecular weight excluding hydrogens is 326 g/mol. The second-order valence-electron chi connectivity index (χ2n) is 6.51. The minimum Gasteiger partial charge on any atom is -0.507 e. The summed E-state index contributed by atoms with van der Waals surface area (Å²) in [6.45, 7) is 5.48. The second-order valence-corrected chi connectivity index (χ2v) is 6.51. The topological polar surface area (TPSA) is 62.5 Å². The van der Waals surface area contributed by atoms with Gasteiger partial charge < -0.3 is 14.8 Å². The first kappa shape index (κ1) is 18.2. The molecular formula is C22H25NO3. The van der Waals surface area contributed by atoms with E-state index in [-0.39, 0.29) is 5.75 Å². The highest BCUT2D eigenvalue weighted by atomic mass is 16.4. The molecule has 1 heterocycles. The highest BCUT2D eigenvalue weighted by molar-refractivity contribution is 5.96. The van der Waals surface area contributed by atoms with Gasteiger partial charge >= 0.3 is 5.63 Å². The molecule has 0 spiro atoms. The van der Waals surface area contributed by atoms with Crippen LogP contribution in [-0.2, 0) is 13.0 Å². The van der Waals surface area contributed by atoms with E-state index in [0.29, 0.717) is 17.7 Å². The first-order valence-corrected chi connectivity index (χ1v) is 9.23. The normalized spacial score (nSPS) is 11.2. The molecule has 0 bridgehead atoms. The van der Waals surface area contributed by atoms with Crippen LogP contribution < -0.4 is 10.9 Å². The summed E-state index contributed by atoms with van der Waals surface area (Å²) in [6.07, 6.45) is 2.70. The van der Waals surface area contributed by atoms with Gasteiger partial charge in [0.25, 0.3) is 0 Å². The smallest absolute Gasteiger partial charge is 0.336 e. The van der Waals surface area contributed by atoms with Crippen molar-refractivity contribution in [3.8, 4) is 16.9 Å². The summed E-state index contributed by atoms with van der Waals surface area (Å²) in [5, 5.41) is 14.9. The molecule has 0 amide bonds. The van der Waals surface area contributed by atoms with Crippen LogP contribution in [0.15, 0.2) is 51.7 Å². The lowest BCUT2D eigenvalue weighted by molar-refractivity contribution is 0.453. The Kier molecular flexibility index (Phi) is 5.74. The maximum absolute atomic E-state index is 12.2. The minimum atomic E-state index is -0.407. The number of benzene rings is 2. The van der Waals surface area contributed by atoms with Crippen molar-refractivity contribution in [3.63, 3.8) is 0 Å². The Morgan fingerprint density at radius 1 is 1.08 bits per heavy atom. The van der Waals surface area contributed by atoms with Crippen LogP contribution in [0.4, 0.5) is 0 Å². The molecule has 136 valence electrons. The molecule has 0 fully saturated rings. The molecule has 0 saturated carbocycles. The van der Waals surface area contributed by atoms with Gasteiger partial charge in [-0.2, -0.15) is 0 Å². The Hall–Kier alpha value is -2.59. The van der Waals surface area contributed by atoms with E-state index < -0.39 is 5.63 Å². The molecule has 3 rings (SSSR count). The van der Waals surface area contributed by atoms with Crippen LogP contribution in [0.5, 0.6) is 5.75 Å². The molecule has 4 heteroatoms. The third-order valence-corrected chi connectivity index (χ3v) is 4.51. The maximum Gasteiger partial charge on any atom is 0.336 e. The fourth-order valence-corrected chi connectivity index (χ4v) is 3.28. The van der Waals surface area contributed by atoms with Crippen LogP contribution in [-0.4, -0.2) is 11.7 Å². The van der Waals surface area contributed by atoms with Gasteiger partial charge in [0, 0.05) is 18.0 Å². The summed E-state index contributed by atoms with van der Waals surface area (Å²) in [5.41, 5.74) is 3.42. The fraction of sp³-hybridized carbons (Fsp3) is 0.318. The number of aromatic hydroxyl groups is 1. The van der Waals surface area contributed by atoms with Crippen LogP contribution in [0.1, 0.15) is 37.8 Å². The van der Waals surface area contributed by atoms with Crippen LogP contribution >= 0.6 is 0 Å². The van der Waals surface area contributed by atoms with Crippen molar-refractivity contribution in [3.05, 3.63) is 64.0 Å². The number of hydrogen-bond acceptors (Lipinski definition) is 4. The van der Waals surface area contributed by atoms with Crippen LogP contribution in [0.3, 0.4) is 0 Å². The average Bonchev–Trinajstić information content (AvgIpc) is 2.65. The lowest BCUT2D eigenvalue weighted by atomic mass is 9.95. The Balaban J connectivity index is 2.28. The van der Waals surface area contributed by atoms with Crippen molar-refractivity contribution in [1.82, 2.24) is 5.32 Å². The van der Waals surface area contributed by atoms with Gasteiger partial charge in [0.2, 0.25) is 0 Å². The molecule has 4 nitrogen and oxygen atoms in total. The van der Waals surface area contributed by atoms with Crippen LogP contribution in [0.2, 0.25) is 0 Å². The van der Waals surface area contributed by atoms with Crippen LogP contribution in [0, 0.1) is 0 Å². The second kappa shape index (κ2) is 8.19. The first-order chi connectivity index (χ1) is 12.7. The van der Waals surface area contributed by atoms with Gasteiger partial charge in [0.05, 0.1) is 5.56 Å². The molecule has 0 aliphatic rings. The highest BCUT2D eigenvalue weighted by Gasteiger charge is 2.18. The quantitative estimate of drug-likeness (QED) is 0.482. The predicted molar refractivity (Wildman–Crippen MR) is 106 cm³/mol. The summed E-state index contributed by atoms with van der Waals surface area (Å²) in [5.74, 6) is 0.233. The molecule has 26 heavy (non-hydrogen) atoms. The molecule has 0 aliphatic carbocycles. The van der Waals surface area contributed by atoms with Gasteiger partial charge in [-0.05, 0) is 42.1 Å². The van der Waals surface area contributed by atoms with Crippen molar-refractivity contribution < 1.29 is 9.52 Å². The van der Waals surface area contributed by atoms with E-state index in [1.165, 1.54) is 6.07 Å². The molecule has 0 aliphatic heterocycles. The minimum absolute atomic E-state index is 0.233. The summed E-state index contributed by atoms with van der Waals surface area (Å²) in [4.78, 5) is 12.2. The van der Waals surface area contributed by atoms with Crippen molar-refractivity contribution in [1.29, 1.82) is 0 Å². The van der Waals surface area contributed by atoms with Crippen molar-refractivity contribution in [2.45, 2.75) is 39.7 Å². The SMILES string of the molecule is CCCNCc1c(O)c(CCC)cc2c(-c3ccccc3)cc(=O)oc12. The Labute approximate surface area is 153 Å². The Morgan fingerprint density at radius 2 is 1.85 bits per heavy atom. The third-order valence-electron chi connectivity index (χ3n) is 4.51. The number of aryl methyl sites for hydroxylation is 1. The van der Waals surface area contributed by atoms with E-state index in [0.717, 1.165) is 47.9 Å².